The Morgan fingerprint density at radius 3 is 2.46 bits per heavy atom. The van der Waals surface area contributed by atoms with Crippen molar-refractivity contribution in [2.75, 3.05) is 0 Å². The Morgan fingerprint density at radius 1 is 1.14 bits per heavy atom. The summed E-state index contributed by atoms with van der Waals surface area (Å²) in [6.45, 7) is 5.45. The van der Waals surface area contributed by atoms with Crippen molar-refractivity contribution in [3.05, 3.63) is 47.1 Å². The van der Waals surface area contributed by atoms with Crippen LogP contribution in [0.1, 0.15) is 46.1 Å². The number of carbonyl (C=O) groups is 1. The third kappa shape index (κ3) is 6.85. The van der Waals surface area contributed by atoms with Gasteiger partial charge in [0, 0.05) is 29.9 Å². The normalized spacial score (nSPS) is 12.8. The van der Waals surface area contributed by atoms with Gasteiger partial charge in [-0.05, 0) is 51.0 Å². The second kappa shape index (κ2) is 11.3. The molecule has 2 heterocycles. The average Bonchev–Trinajstić information content (AvgIpc) is 2.82. The topological polar surface area (TPSA) is 110 Å². The number of hydrogen-bond acceptors (Lipinski definition) is 7. The van der Waals surface area contributed by atoms with Gasteiger partial charge in [0.25, 0.3) is 0 Å². The summed E-state index contributed by atoms with van der Waals surface area (Å²) in [5.41, 5.74) is -1.32. The number of pyridine rings is 1. The zero-order valence-corrected chi connectivity index (χ0v) is 21.5. The van der Waals surface area contributed by atoms with Gasteiger partial charge in [-0.3, -0.25) is 4.79 Å². The van der Waals surface area contributed by atoms with Gasteiger partial charge in [-0.15, -0.1) is 0 Å². The van der Waals surface area contributed by atoms with Crippen LogP contribution in [0.2, 0.25) is 5.02 Å². The molecule has 37 heavy (non-hydrogen) atoms. The number of alkyl halides is 3. The fraction of sp³-hybridized carbons (Fsp3) is 0.400. The fourth-order valence-corrected chi connectivity index (χ4v) is 3.46. The Kier molecular flexibility index (Phi) is 8.57. The molecule has 1 atom stereocenters. The van der Waals surface area contributed by atoms with E-state index < -0.39 is 23.5 Å². The molecule has 2 N–H and O–H groups in total. The van der Waals surface area contributed by atoms with Crippen LogP contribution in [-0.4, -0.2) is 43.2 Å². The van der Waals surface area contributed by atoms with E-state index in [0.717, 1.165) is 26.7 Å². The van der Waals surface area contributed by atoms with E-state index in [9.17, 15) is 23.1 Å². The van der Waals surface area contributed by atoms with Crippen LogP contribution in [0.3, 0.4) is 0 Å². The molecule has 0 bridgehead atoms. The fourth-order valence-electron chi connectivity index (χ4n) is 3.25. The summed E-state index contributed by atoms with van der Waals surface area (Å²) in [7, 11) is 0. The van der Waals surface area contributed by atoms with Crippen LogP contribution in [0.5, 0.6) is 11.9 Å². The minimum absolute atomic E-state index is 0.00917. The van der Waals surface area contributed by atoms with Crippen molar-refractivity contribution in [3.63, 3.8) is 0 Å². The number of ether oxygens (including phenoxy) is 1. The summed E-state index contributed by atoms with van der Waals surface area (Å²) in [4.78, 5) is 28.7. The number of nitrogens with one attached hydrogen (secondary N) is 1. The number of amides is 1. The molecule has 0 radical (unpaired) electrons. The van der Waals surface area contributed by atoms with Gasteiger partial charge in [-0.25, -0.2) is 9.97 Å². The smallest absolute Gasteiger partial charge is 0.402 e. The van der Waals surface area contributed by atoms with Gasteiger partial charge in [-0.1, -0.05) is 31.0 Å². The predicted octanol–water partition coefficient (Wildman–Crippen LogP) is 5.73. The van der Waals surface area contributed by atoms with Crippen LogP contribution in [-0.2, 0) is 11.3 Å². The number of aromatic nitrogens is 4. The van der Waals surface area contributed by atoms with Gasteiger partial charge in [0.2, 0.25) is 11.8 Å². The lowest BCUT2D eigenvalue weighted by Gasteiger charge is -2.26. The summed E-state index contributed by atoms with van der Waals surface area (Å²) in [5, 5.41) is 12.7. The number of nitrogens with zero attached hydrogens (tertiary/aromatic N) is 4. The summed E-state index contributed by atoms with van der Waals surface area (Å²) < 4.78 is 45.2. The SMILES string of the molecule is CCCC(C)Oc1ccc(-c2nc(O)nc(-c3cc(CNC(=O)C(C)(C)C(F)(F)F)ccc3Cl)n2)cn1. The molecule has 2 aromatic heterocycles. The molecule has 198 valence electrons. The van der Waals surface area contributed by atoms with Crippen LogP contribution in [0, 0.1) is 5.41 Å². The van der Waals surface area contributed by atoms with Gasteiger partial charge in [0.05, 0.1) is 11.1 Å². The van der Waals surface area contributed by atoms with Gasteiger partial charge in [0.15, 0.2) is 11.6 Å². The van der Waals surface area contributed by atoms with Crippen molar-refractivity contribution in [3.8, 4) is 34.7 Å². The first kappa shape index (κ1) is 28.1. The highest BCUT2D eigenvalue weighted by Crippen LogP contribution is 2.37. The van der Waals surface area contributed by atoms with Gasteiger partial charge >= 0.3 is 12.2 Å². The Bertz CT molecular complexity index is 1250. The summed E-state index contributed by atoms with van der Waals surface area (Å²) in [5.74, 6) is -0.562. The maximum atomic E-state index is 13.1. The van der Waals surface area contributed by atoms with Crippen molar-refractivity contribution in [2.45, 2.75) is 59.4 Å². The van der Waals surface area contributed by atoms with Crippen molar-refractivity contribution in [1.29, 1.82) is 0 Å². The first-order valence-electron chi connectivity index (χ1n) is 11.5. The quantitative estimate of drug-likeness (QED) is 0.358. The molecule has 1 amide bonds. The van der Waals surface area contributed by atoms with E-state index in [0.29, 0.717) is 22.6 Å². The monoisotopic (exact) mass is 537 g/mol. The van der Waals surface area contributed by atoms with E-state index >= 15 is 0 Å². The van der Waals surface area contributed by atoms with Crippen molar-refractivity contribution < 1.29 is 27.8 Å². The first-order valence-corrected chi connectivity index (χ1v) is 11.9. The molecule has 0 spiro atoms. The van der Waals surface area contributed by atoms with Crippen molar-refractivity contribution in [1.82, 2.24) is 25.3 Å². The van der Waals surface area contributed by atoms with Crippen LogP contribution < -0.4 is 10.1 Å². The maximum Gasteiger partial charge on any atom is 0.402 e. The standard InChI is InChI=1S/C25H27ClF3N5O3/c1-5-6-14(2)37-19-10-8-16(13-30-19)20-32-21(34-23(36)33-20)17-11-15(7-9-18(17)26)12-31-22(35)24(3,4)25(27,28)29/h7-11,13-14H,5-6,12H2,1-4H3,(H,31,35)(H,32,33,34,36). The van der Waals surface area contributed by atoms with E-state index in [1.807, 2.05) is 6.92 Å². The molecular formula is C25H27ClF3N5O3. The number of halogens is 4. The third-order valence-corrected chi connectivity index (χ3v) is 5.97. The lowest BCUT2D eigenvalue weighted by molar-refractivity contribution is -0.211. The molecule has 0 aliphatic heterocycles. The van der Waals surface area contributed by atoms with Crippen molar-refractivity contribution >= 4 is 17.5 Å². The number of aromatic hydroxyl groups is 1. The largest absolute Gasteiger partial charge is 0.479 e. The molecule has 1 unspecified atom stereocenters. The van der Waals surface area contributed by atoms with E-state index in [2.05, 4.69) is 32.2 Å². The number of carbonyl (C=O) groups excluding carboxylic acids is 1. The van der Waals surface area contributed by atoms with Gasteiger partial charge in [0.1, 0.15) is 5.41 Å². The molecule has 8 nitrogen and oxygen atoms in total. The van der Waals surface area contributed by atoms with Crippen LogP contribution in [0.15, 0.2) is 36.5 Å². The molecular weight excluding hydrogens is 511 g/mol. The lowest BCUT2D eigenvalue weighted by Crippen LogP contribution is -2.46. The molecule has 1 aromatic carbocycles. The molecule has 0 saturated carbocycles. The van der Waals surface area contributed by atoms with E-state index in [1.165, 1.54) is 18.3 Å². The minimum Gasteiger partial charge on any atom is -0.479 e. The van der Waals surface area contributed by atoms with E-state index in [4.69, 9.17) is 16.3 Å². The zero-order chi connectivity index (χ0) is 27.4. The molecule has 0 saturated heterocycles. The number of rotatable bonds is 9. The van der Waals surface area contributed by atoms with Crippen LogP contribution >= 0.6 is 11.6 Å². The molecule has 3 aromatic rings. The molecule has 12 heteroatoms. The molecule has 0 aliphatic rings. The van der Waals surface area contributed by atoms with E-state index in [1.54, 1.807) is 18.2 Å². The summed E-state index contributed by atoms with van der Waals surface area (Å²) >= 11 is 6.32. The Hall–Kier alpha value is -3.47. The van der Waals surface area contributed by atoms with Crippen molar-refractivity contribution in [2.24, 2.45) is 5.41 Å². The molecule has 0 fully saturated rings. The van der Waals surface area contributed by atoms with Crippen LogP contribution in [0.4, 0.5) is 13.2 Å². The summed E-state index contributed by atoms with van der Waals surface area (Å²) in [6, 6.07) is 7.37. The average molecular weight is 538 g/mol. The number of hydrogen-bond donors (Lipinski definition) is 2. The predicted molar refractivity (Wildman–Crippen MR) is 132 cm³/mol. The Morgan fingerprint density at radius 2 is 1.84 bits per heavy atom. The molecule has 0 aliphatic carbocycles. The second-order valence-electron chi connectivity index (χ2n) is 9.00. The Balaban J connectivity index is 1.84. The first-order chi connectivity index (χ1) is 17.3. The maximum absolute atomic E-state index is 13.1. The third-order valence-electron chi connectivity index (χ3n) is 5.64. The second-order valence-corrected chi connectivity index (χ2v) is 9.41. The Labute approximate surface area is 217 Å². The number of benzene rings is 1. The summed E-state index contributed by atoms with van der Waals surface area (Å²) in [6.07, 6.45) is -1.32. The highest BCUT2D eigenvalue weighted by molar-refractivity contribution is 6.33. The van der Waals surface area contributed by atoms with Gasteiger partial charge < -0.3 is 15.2 Å². The van der Waals surface area contributed by atoms with E-state index in [-0.39, 0.29) is 29.3 Å². The van der Waals surface area contributed by atoms with Gasteiger partial charge in [-0.2, -0.15) is 23.1 Å². The highest BCUT2D eigenvalue weighted by Gasteiger charge is 2.52. The minimum atomic E-state index is -4.70. The highest BCUT2D eigenvalue weighted by atomic mass is 35.5. The lowest BCUT2D eigenvalue weighted by atomic mass is 9.91. The van der Waals surface area contributed by atoms with Crippen LogP contribution in [0.25, 0.3) is 22.8 Å². The zero-order valence-electron chi connectivity index (χ0n) is 20.7. The molecule has 3 rings (SSSR count).